The Balaban J connectivity index is 2.39. The molecule has 0 bridgehead atoms. The zero-order valence-electron chi connectivity index (χ0n) is 12.4. The van der Waals surface area contributed by atoms with Crippen molar-refractivity contribution >= 4 is 11.9 Å². The van der Waals surface area contributed by atoms with Gasteiger partial charge in [0.05, 0.1) is 6.42 Å². The quantitative estimate of drug-likeness (QED) is 0.417. The summed E-state index contributed by atoms with van der Waals surface area (Å²) in [6.07, 6.45) is 10.6. The number of esters is 1. The minimum atomic E-state index is -1.01. The molecule has 0 aliphatic heterocycles. The lowest BCUT2D eigenvalue weighted by atomic mass is 9.98. The van der Waals surface area contributed by atoms with Crippen LogP contribution in [-0.2, 0) is 14.3 Å². The number of carboxylic acids is 1. The van der Waals surface area contributed by atoms with E-state index in [1.54, 1.807) is 6.08 Å². The summed E-state index contributed by atoms with van der Waals surface area (Å²) in [7, 11) is 0. The lowest BCUT2D eigenvalue weighted by molar-refractivity contribution is -0.151. The Bertz CT molecular complexity index is 340. The highest BCUT2D eigenvalue weighted by Gasteiger charge is 2.20. The van der Waals surface area contributed by atoms with Gasteiger partial charge in [0.15, 0.2) is 0 Å². The fraction of sp³-hybridized carbons (Fsp3) is 0.750. The van der Waals surface area contributed by atoms with E-state index in [2.05, 4.69) is 6.92 Å². The largest absolute Gasteiger partial charge is 0.478 e. The highest BCUT2D eigenvalue weighted by atomic mass is 16.5. The van der Waals surface area contributed by atoms with Crippen LogP contribution in [0.5, 0.6) is 0 Å². The van der Waals surface area contributed by atoms with E-state index in [4.69, 9.17) is 9.84 Å². The van der Waals surface area contributed by atoms with Crippen molar-refractivity contribution in [3.63, 3.8) is 0 Å². The molecule has 0 amide bonds. The molecule has 0 radical (unpaired) electrons. The minimum absolute atomic E-state index is 0.00798. The van der Waals surface area contributed by atoms with Crippen molar-refractivity contribution in [2.75, 3.05) is 0 Å². The monoisotopic (exact) mass is 282 g/mol. The summed E-state index contributed by atoms with van der Waals surface area (Å²) in [5.41, 5.74) is 0.168. The molecule has 4 heteroatoms. The molecule has 4 nitrogen and oxygen atoms in total. The lowest BCUT2D eigenvalue weighted by Crippen LogP contribution is -2.21. The Hall–Kier alpha value is -1.32. The number of rotatable bonds is 8. The van der Waals surface area contributed by atoms with Crippen molar-refractivity contribution in [1.29, 1.82) is 0 Å². The van der Waals surface area contributed by atoms with Crippen LogP contribution in [0, 0.1) is 0 Å². The third-order valence-electron chi connectivity index (χ3n) is 3.66. The molecule has 1 aliphatic rings. The molecule has 0 saturated heterocycles. The average molecular weight is 282 g/mol. The summed E-state index contributed by atoms with van der Waals surface area (Å²) >= 11 is 0. The first-order valence-corrected chi connectivity index (χ1v) is 7.75. The summed E-state index contributed by atoms with van der Waals surface area (Å²) in [6, 6.07) is 0. The maximum Gasteiger partial charge on any atom is 0.331 e. The van der Waals surface area contributed by atoms with E-state index in [9.17, 15) is 9.59 Å². The van der Waals surface area contributed by atoms with E-state index in [1.165, 1.54) is 6.42 Å². The van der Waals surface area contributed by atoms with Crippen LogP contribution in [0.3, 0.4) is 0 Å². The van der Waals surface area contributed by atoms with Gasteiger partial charge >= 0.3 is 11.9 Å². The van der Waals surface area contributed by atoms with Gasteiger partial charge in [0, 0.05) is 5.57 Å². The standard InChI is InChI=1S/C16H26O4/c1-2-3-4-6-9-13(16(18)19)12-15(17)20-14-10-7-5-8-11-14/h9,14H,2-8,10-12H2,1H3,(H,18,19). The molecule has 0 unspecified atom stereocenters. The molecule has 1 rings (SSSR count). The highest BCUT2D eigenvalue weighted by Crippen LogP contribution is 2.21. The van der Waals surface area contributed by atoms with E-state index in [0.717, 1.165) is 44.9 Å². The fourth-order valence-corrected chi connectivity index (χ4v) is 2.47. The van der Waals surface area contributed by atoms with E-state index in [0.29, 0.717) is 6.42 Å². The summed E-state index contributed by atoms with van der Waals surface area (Å²) < 4.78 is 5.36. The Labute approximate surface area is 121 Å². The number of aliphatic carboxylic acids is 1. The summed E-state index contributed by atoms with van der Waals surface area (Å²) in [5, 5.41) is 9.11. The van der Waals surface area contributed by atoms with E-state index < -0.39 is 11.9 Å². The molecular formula is C16H26O4. The normalized spacial score (nSPS) is 16.9. The summed E-state index contributed by atoms with van der Waals surface area (Å²) in [5.74, 6) is -1.41. The van der Waals surface area contributed by atoms with E-state index in [-0.39, 0.29) is 18.1 Å². The first-order valence-electron chi connectivity index (χ1n) is 7.75. The number of unbranched alkanes of at least 4 members (excludes halogenated alkanes) is 3. The SMILES string of the molecule is CCCCCC=C(CC(=O)OC1CCCCC1)C(=O)O. The molecule has 0 aromatic rings. The van der Waals surface area contributed by atoms with Crippen LogP contribution in [0.4, 0.5) is 0 Å². The molecule has 0 atom stereocenters. The molecule has 0 heterocycles. The van der Waals surface area contributed by atoms with Crippen LogP contribution in [-0.4, -0.2) is 23.1 Å². The molecular weight excluding hydrogens is 256 g/mol. The number of carboxylic acid groups (broad SMARTS) is 1. The molecule has 0 aromatic carbocycles. The maximum absolute atomic E-state index is 11.8. The van der Waals surface area contributed by atoms with Gasteiger partial charge in [-0.3, -0.25) is 4.79 Å². The van der Waals surface area contributed by atoms with E-state index >= 15 is 0 Å². The molecule has 114 valence electrons. The molecule has 1 aliphatic carbocycles. The molecule has 1 N–H and O–H groups in total. The van der Waals surface area contributed by atoms with Crippen LogP contribution in [0.1, 0.15) is 71.1 Å². The van der Waals surface area contributed by atoms with Gasteiger partial charge in [0.25, 0.3) is 0 Å². The second kappa shape index (κ2) is 9.56. The van der Waals surface area contributed by atoms with Gasteiger partial charge in [-0.15, -0.1) is 0 Å². The Morgan fingerprint density at radius 1 is 1.20 bits per heavy atom. The van der Waals surface area contributed by atoms with Crippen molar-refractivity contribution in [1.82, 2.24) is 0 Å². The first-order chi connectivity index (χ1) is 9.63. The van der Waals surface area contributed by atoms with Crippen molar-refractivity contribution in [3.8, 4) is 0 Å². The minimum Gasteiger partial charge on any atom is -0.478 e. The average Bonchev–Trinajstić information content (AvgIpc) is 2.43. The second-order valence-electron chi connectivity index (χ2n) is 5.46. The molecule has 1 fully saturated rings. The predicted molar refractivity (Wildman–Crippen MR) is 77.4 cm³/mol. The molecule has 0 aromatic heterocycles. The predicted octanol–water partition coefficient (Wildman–Crippen LogP) is 3.84. The topological polar surface area (TPSA) is 63.6 Å². The van der Waals surface area contributed by atoms with E-state index in [1.807, 2.05) is 0 Å². The van der Waals surface area contributed by atoms with Gasteiger partial charge in [-0.2, -0.15) is 0 Å². The summed E-state index contributed by atoms with van der Waals surface area (Å²) in [4.78, 5) is 22.9. The molecule has 1 saturated carbocycles. The first kappa shape index (κ1) is 16.7. The number of hydrogen-bond acceptors (Lipinski definition) is 3. The van der Waals surface area contributed by atoms with Crippen LogP contribution < -0.4 is 0 Å². The van der Waals surface area contributed by atoms with Crippen LogP contribution >= 0.6 is 0 Å². The maximum atomic E-state index is 11.8. The van der Waals surface area contributed by atoms with Crippen LogP contribution in [0.15, 0.2) is 11.6 Å². The van der Waals surface area contributed by atoms with Crippen molar-refractivity contribution in [2.45, 2.75) is 77.2 Å². The number of hydrogen-bond donors (Lipinski definition) is 1. The Morgan fingerprint density at radius 2 is 1.90 bits per heavy atom. The Morgan fingerprint density at radius 3 is 2.50 bits per heavy atom. The van der Waals surface area contributed by atoms with Gasteiger partial charge in [0.1, 0.15) is 6.10 Å². The second-order valence-corrected chi connectivity index (χ2v) is 5.46. The van der Waals surface area contributed by atoms with Gasteiger partial charge in [-0.1, -0.05) is 32.3 Å². The lowest BCUT2D eigenvalue weighted by Gasteiger charge is -2.21. The number of allylic oxidation sites excluding steroid dienone is 1. The van der Waals surface area contributed by atoms with Crippen molar-refractivity contribution in [3.05, 3.63) is 11.6 Å². The zero-order chi connectivity index (χ0) is 14.8. The summed E-state index contributed by atoms with van der Waals surface area (Å²) in [6.45, 7) is 2.10. The van der Waals surface area contributed by atoms with Gasteiger partial charge in [-0.25, -0.2) is 4.79 Å². The van der Waals surface area contributed by atoms with Crippen molar-refractivity contribution < 1.29 is 19.4 Å². The van der Waals surface area contributed by atoms with Gasteiger partial charge in [0.2, 0.25) is 0 Å². The van der Waals surface area contributed by atoms with Crippen molar-refractivity contribution in [2.24, 2.45) is 0 Å². The smallest absolute Gasteiger partial charge is 0.331 e. The number of ether oxygens (including phenoxy) is 1. The number of carbonyl (C=O) groups excluding carboxylic acids is 1. The van der Waals surface area contributed by atoms with Crippen LogP contribution in [0.2, 0.25) is 0 Å². The molecule has 20 heavy (non-hydrogen) atoms. The fourth-order valence-electron chi connectivity index (χ4n) is 2.47. The number of carbonyl (C=O) groups is 2. The zero-order valence-corrected chi connectivity index (χ0v) is 12.4. The van der Waals surface area contributed by atoms with Gasteiger partial charge < -0.3 is 9.84 Å². The Kier molecular flexibility index (Phi) is 8.00. The third-order valence-corrected chi connectivity index (χ3v) is 3.66. The molecule has 0 spiro atoms. The highest BCUT2D eigenvalue weighted by molar-refractivity contribution is 5.92. The van der Waals surface area contributed by atoms with Gasteiger partial charge in [-0.05, 0) is 38.5 Å². The third kappa shape index (κ3) is 6.73. The van der Waals surface area contributed by atoms with Crippen LogP contribution in [0.25, 0.3) is 0 Å².